The van der Waals surface area contributed by atoms with E-state index in [1.54, 1.807) is 12.1 Å². The van der Waals surface area contributed by atoms with Gasteiger partial charge in [-0.05, 0) is 72.5 Å². The van der Waals surface area contributed by atoms with Crippen LogP contribution < -0.4 is 5.32 Å². The number of hydrogen-bond acceptors (Lipinski definition) is 2. The third kappa shape index (κ3) is 3.92. The first-order valence-corrected chi connectivity index (χ1v) is 7.43. The molecule has 1 amide bonds. The summed E-state index contributed by atoms with van der Waals surface area (Å²) in [6, 6.07) is 7.51. The number of carbonyl (C=O) groups is 2. The van der Waals surface area contributed by atoms with Gasteiger partial charge in [0.2, 0.25) is 0 Å². The molecule has 0 bridgehead atoms. The van der Waals surface area contributed by atoms with E-state index in [1.165, 1.54) is 0 Å². The number of hydrogen-bond donors (Lipinski definition) is 2. The highest BCUT2D eigenvalue weighted by Crippen LogP contribution is 2.24. The minimum absolute atomic E-state index is 0.0739. The zero-order valence-electron chi connectivity index (χ0n) is 10.4. The summed E-state index contributed by atoms with van der Waals surface area (Å²) in [5, 5.41) is 11.9. The van der Waals surface area contributed by atoms with Crippen molar-refractivity contribution in [2.75, 3.05) is 0 Å². The maximum Gasteiger partial charge on any atom is 0.306 e. The highest BCUT2D eigenvalue weighted by molar-refractivity contribution is 14.1. The molecule has 1 aliphatic rings. The van der Waals surface area contributed by atoms with Crippen LogP contribution in [0, 0.1) is 9.49 Å². The number of carboxylic acid groups (broad SMARTS) is 1. The average Bonchev–Trinajstić information content (AvgIpc) is 2.40. The molecule has 102 valence electrons. The smallest absolute Gasteiger partial charge is 0.306 e. The van der Waals surface area contributed by atoms with Gasteiger partial charge in [-0.25, -0.2) is 0 Å². The first-order chi connectivity index (χ1) is 9.06. The maximum absolute atomic E-state index is 12.0. The molecule has 0 spiro atoms. The summed E-state index contributed by atoms with van der Waals surface area (Å²) in [6.07, 6.45) is 2.78. The van der Waals surface area contributed by atoms with Crippen molar-refractivity contribution in [3.8, 4) is 0 Å². The van der Waals surface area contributed by atoms with Gasteiger partial charge in [0.1, 0.15) is 0 Å². The second-order valence-electron chi connectivity index (χ2n) is 4.87. The van der Waals surface area contributed by atoms with Crippen molar-refractivity contribution in [3.63, 3.8) is 0 Å². The lowest BCUT2D eigenvalue weighted by atomic mass is 9.86. The molecule has 0 unspecified atom stereocenters. The predicted octanol–water partition coefficient (Wildman–Crippen LogP) is 2.66. The molecule has 1 saturated carbocycles. The SMILES string of the molecule is O=C(NC1CCC(C(=O)O)CC1)c1ccc(I)cc1. The first kappa shape index (κ1) is 14.3. The molecule has 0 aliphatic heterocycles. The van der Waals surface area contributed by atoms with Gasteiger partial charge in [0.25, 0.3) is 5.91 Å². The molecule has 0 radical (unpaired) electrons. The van der Waals surface area contributed by atoms with E-state index >= 15 is 0 Å². The zero-order chi connectivity index (χ0) is 13.8. The highest BCUT2D eigenvalue weighted by Gasteiger charge is 2.26. The number of aliphatic carboxylic acids is 1. The van der Waals surface area contributed by atoms with Gasteiger partial charge in [-0.1, -0.05) is 0 Å². The van der Waals surface area contributed by atoms with Crippen LogP contribution in [0.25, 0.3) is 0 Å². The molecule has 5 heteroatoms. The van der Waals surface area contributed by atoms with Gasteiger partial charge < -0.3 is 10.4 Å². The number of rotatable bonds is 3. The summed E-state index contributed by atoms with van der Waals surface area (Å²) in [5.41, 5.74) is 0.653. The van der Waals surface area contributed by atoms with E-state index < -0.39 is 5.97 Å². The predicted molar refractivity (Wildman–Crippen MR) is 80.0 cm³/mol. The fourth-order valence-corrected chi connectivity index (χ4v) is 2.71. The quantitative estimate of drug-likeness (QED) is 0.801. The normalized spacial score (nSPS) is 22.8. The molecule has 19 heavy (non-hydrogen) atoms. The summed E-state index contributed by atoms with van der Waals surface area (Å²) in [6.45, 7) is 0. The number of carbonyl (C=O) groups excluding carboxylic acids is 1. The van der Waals surface area contributed by atoms with Crippen LogP contribution in [0.4, 0.5) is 0 Å². The van der Waals surface area contributed by atoms with E-state index in [0.717, 1.165) is 16.4 Å². The van der Waals surface area contributed by atoms with Gasteiger partial charge >= 0.3 is 5.97 Å². The Labute approximate surface area is 125 Å². The summed E-state index contributed by atoms with van der Waals surface area (Å²) in [5.74, 6) is -1.04. The second-order valence-corrected chi connectivity index (χ2v) is 6.11. The minimum Gasteiger partial charge on any atom is -0.481 e. The van der Waals surface area contributed by atoms with Gasteiger partial charge in [-0.3, -0.25) is 9.59 Å². The number of carboxylic acids is 1. The molecule has 0 saturated heterocycles. The number of benzene rings is 1. The monoisotopic (exact) mass is 373 g/mol. The molecule has 0 heterocycles. The van der Waals surface area contributed by atoms with E-state index in [2.05, 4.69) is 27.9 Å². The molecule has 1 aliphatic carbocycles. The lowest BCUT2D eigenvalue weighted by Gasteiger charge is -2.26. The fraction of sp³-hybridized carbons (Fsp3) is 0.429. The maximum atomic E-state index is 12.0. The molecule has 2 rings (SSSR count). The van der Waals surface area contributed by atoms with Crippen molar-refractivity contribution in [1.82, 2.24) is 5.32 Å². The van der Waals surface area contributed by atoms with Gasteiger partial charge in [0.05, 0.1) is 5.92 Å². The highest BCUT2D eigenvalue weighted by atomic mass is 127. The summed E-state index contributed by atoms with van der Waals surface area (Å²) < 4.78 is 1.09. The van der Waals surface area contributed by atoms with Gasteiger partial charge in [0.15, 0.2) is 0 Å². The van der Waals surface area contributed by atoms with Crippen LogP contribution >= 0.6 is 22.6 Å². The Morgan fingerprint density at radius 2 is 1.68 bits per heavy atom. The number of halogens is 1. The Bertz CT molecular complexity index is 464. The van der Waals surface area contributed by atoms with Crippen molar-refractivity contribution in [1.29, 1.82) is 0 Å². The van der Waals surface area contributed by atoms with Crippen molar-refractivity contribution >= 4 is 34.5 Å². The van der Waals surface area contributed by atoms with Crippen molar-refractivity contribution < 1.29 is 14.7 Å². The van der Waals surface area contributed by atoms with Crippen LogP contribution in [0.1, 0.15) is 36.0 Å². The first-order valence-electron chi connectivity index (χ1n) is 6.35. The van der Waals surface area contributed by atoms with Gasteiger partial charge in [0, 0.05) is 15.2 Å². The number of nitrogens with one attached hydrogen (secondary N) is 1. The van der Waals surface area contributed by atoms with Crippen LogP contribution in [-0.4, -0.2) is 23.0 Å². The van der Waals surface area contributed by atoms with E-state index in [1.807, 2.05) is 12.1 Å². The molecule has 1 fully saturated rings. The lowest BCUT2D eigenvalue weighted by molar-refractivity contribution is -0.142. The molecule has 0 aromatic heterocycles. The van der Waals surface area contributed by atoms with Crippen LogP contribution in [-0.2, 0) is 4.79 Å². The number of amides is 1. The van der Waals surface area contributed by atoms with E-state index in [-0.39, 0.29) is 17.9 Å². The zero-order valence-corrected chi connectivity index (χ0v) is 12.6. The molecule has 1 aromatic rings. The van der Waals surface area contributed by atoms with E-state index in [9.17, 15) is 9.59 Å². The molecule has 0 atom stereocenters. The van der Waals surface area contributed by atoms with Gasteiger partial charge in [-0.2, -0.15) is 0 Å². The third-order valence-electron chi connectivity index (χ3n) is 3.52. The molecule has 4 nitrogen and oxygen atoms in total. The Balaban J connectivity index is 1.87. The largest absolute Gasteiger partial charge is 0.481 e. The Hall–Kier alpha value is -1.11. The fourth-order valence-electron chi connectivity index (χ4n) is 2.35. The van der Waals surface area contributed by atoms with Crippen molar-refractivity contribution in [2.45, 2.75) is 31.7 Å². The molecular formula is C14H16INO3. The molecule has 1 aromatic carbocycles. The Kier molecular flexibility index (Phi) is 4.79. The molecular weight excluding hydrogens is 357 g/mol. The van der Waals surface area contributed by atoms with E-state index in [0.29, 0.717) is 18.4 Å². The Morgan fingerprint density at radius 3 is 2.21 bits per heavy atom. The summed E-state index contributed by atoms with van der Waals surface area (Å²) in [7, 11) is 0. The van der Waals surface area contributed by atoms with Crippen LogP contribution in [0.15, 0.2) is 24.3 Å². The van der Waals surface area contributed by atoms with E-state index in [4.69, 9.17) is 5.11 Å². The van der Waals surface area contributed by atoms with Crippen molar-refractivity contribution in [3.05, 3.63) is 33.4 Å². The Morgan fingerprint density at radius 1 is 1.11 bits per heavy atom. The second kappa shape index (κ2) is 6.36. The van der Waals surface area contributed by atoms with Crippen LogP contribution in [0.2, 0.25) is 0 Å². The average molecular weight is 373 g/mol. The topological polar surface area (TPSA) is 66.4 Å². The molecule has 2 N–H and O–H groups in total. The summed E-state index contributed by atoms with van der Waals surface area (Å²) >= 11 is 2.20. The van der Waals surface area contributed by atoms with Crippen molar-refractivity contribution in [2.24, 2.45) is 5.92 Å². The van der Waals surface area contributed by atoms with Crippen LogP contribution in [0.3, 0.4) is 0 Å². The lowest BCUT2D eigenvalue weighted by Crippen LogP contribution is -2.38. The summed E-state index contributed by atoms with van der Waals surface area (Å²) in [4.78, 5) is 22.9. The standard InChI is InChI=1S/C14H16INO3/c15-11-5-1-9(2-6-11)13(17)16-12-7-3-10(4-8-12)14(18)19/h1-2,5-6,10,12H,3-4,7-8H2,(H,16,17)(H,18,19). The third-order valence-corrected chi connectivity index (χ3v) is 4.24. The van der Waals surface area contributed by atoms with Crippen LogP contribution in [0.5, 0.6) is 0 Å². The van der Waals surface area contributed by atoms with Gasteiger partial charge in [-0.15, -0.1) is 0 Å². The minimum atomic E-state index is -0.720.